The minimum Gasteiger partial charge on any atom is -0.278 e. The van der Waals surface area contributed by atoms with Gasteiger partial charge in [-0.25, -0.2) is 15.0 Å². The van der Waals surface area contributed by atoms with Crippen LogP contribution in [0.25, 0.3) is 72.7 Å². The monoisotopic (exact) mass is 566 g/mol. The molecule has 5 aromatic carbocycles. The summed E-state index contributed by atoms with van der Waals surface area (Å²) in [5.74, 6) is 1.86. The van der Waals surface area contributed by atoms with Gasteiger partial charge in [0, 0.05) is 38.3 Å². The number of para-hydroxylation sites is 1. The molecule has 0 saturated heterocycles. The van der Waals surface area contributed by atoms with Crippen molar-refractivity contribution in [3.8, 4) is 40.0 Å². The third-order valence-corrected chi connectivity index (χ3v) is 8.96. The number of hydrogen-bond donors (Lipinski definition) is 0. The lowest BCUT2D eigenvalue weighted by atomic mass is 9.70. The molecular formula is C38H26N6. The molecule has 6 nitrogen and oxygen atoms in total. The lowest BCUT2D eigenvalue weighted by Gasteiger charge is -2.34. The molecule has 3 heterocycles. The zero-order valence-corrected chi connectivity index (χ0v) is 24.2. The van der Waals surface area contributed by atoms with Crippen LogP contribution in [0.1, 0.15) is 25.0 Å². The summed E-state index contributed by atoms with van der Waals surface area (Å²) >= 11 is 0. The van der Waals surface area contributed by atoms with E-state index < -0.39 is 0 Å². The summed E-state index contributed by atoms with van der Waals surface area (Å²) in [6, 6.07) is 39.7. The van der Waals surface area contributed by atoms with Crippen LogP contribution in [0.15, 0.2) is 122 Å². The second kappa shape index (κ2) is 9.12. The Balaban J connectivity index is 1.39. The molecule has 0 radical (unpaired) electrons. The maximum atomic E-state index is 5.11. The second-order valence-electron chi connectivity index (χ2n) is 11.8. The summed E-state index contributed by atoms with van der Waals surface area (Å²) in [5, 5.41) is 3.40. The van der Waals surface area contributed by atoms with Crippen molar-refractivity contribution >= 4 is 32.7 Å². The molecule has 0 amide bonds. The molecule has 0 spiro atoms. The van der Waals surface area contributed by atoms with Gasteiger partial charge in [0.25, 0.3) is 0 Å². The molecule has 6 heteroatoms. The van der Waals surface area contributed by atoms with Crippen LogP contribution in [0.4, 0.5) is 0 Å². The Morgan fingerprint density at radius 1 is 0.568 bits per heavy atom. The Morgan fingerprint density at radius 3 is 1.98 bits per heavy atom. The van der Waals surface area contributed by atoms with E-state index in [0.29, 0.717) is 17.6 Å². The predicted molar refractivity (Wildman–Crippen MR) is 176 cm³/mol. The number of hydrogen-bond acceptors (Lipinski definition) is 5. The molecule has 1 aliphatic carbocycles. The molecule has 0 atom stereocenters. The fraction of sp³-hybridized carbons (Fsp3) is 0.0789. The van der Waals surface area contributed by atoms with E-state index in [1.54, 1.807) is 6.33 Å². The second-order valence-corrected chi connectivity index (χ2v) is 11.8. The minimum atomic E-state index is -0.272. The number of nitrogens with zero attached hydrogens (tertiary/aromatic N) is 6. The number of aromatic nitrogens is 6. The average Bonchev–Trinajstić information content (AvgIpc) is 3.41. The van der Waals surface area contributed by atoms with E-state index in [0.717, 1.165) is 55.1 Å². The Kier molecular flexibility index (Phi) is 5.14. The number of fused-ring (bicyclic) bond motifs is 5. The summed E-state index contributed by atoms with van der Waals surface area (Å²) < 4.78 is 2.19. The molecule has 0 N–H and O–H groups in total. The minimum absolute atomic E-state index is 0.272. The molecule has 44 heavy (non-hydrogen) atoms. The van der Waals surface area contributed by atoms with E-state index in [1.165, 1.54) is 11.1 Å². The quantitative estimate of drug-likeness (QED) is 0.214. The third kappa shape index (κ3) is 3.51. The van der Waals surface area contributed by atoms with E-state index in [2.05, 4.69) is 78.0 Å². The van der Waals surface area contributed by atoms with Crippen LogP contribution in [-0.2, 0) is 5.41 Å². The highest BCUT2D eigenvalue weighted by Crippen LogP contribution is 2.49. The van der Waals surface area contributed by atoms with Gasteiger partial charge in [0.2, 0.25) is 5.95 Å². The molecule has 0 unspecified atom stereocenters. The van der Waals surface area contributed by atoms with Crippen LogP contribution in [0.2, 0.25) is 0 Å². The van der Waals surface area contributed by atoms with Crippen molar-refractivity contribution in [2.75, 3.05) is 0 Å². The molecule has 208 valence electrons. The zero-order valence-electron chi connectivity index (χ0n) is 24.2. The fourth-order valence-electron chi connectivity index (χ4n) is 6.82. The van der Waals surface area contributed by atoms with E-state index >= 15 is 0 Å². The molecule has 0 bridgehead atoms. The van der Waals surface area contributed by atoms with Crippen LogP contribution in [0.5, 0.6) is 0 Å². The Morgan fingerprint density at radius 2 is 1.25 bits per heavy atom. The Bertz CT molecular complexity index is 2350. The van der Waals surface area contributed by atoms with Gasteiger partial charge in [0.1, 0.15) is 6.33 Å². The van der Waals surface area contributed by atoms with E-state index in [4.69, 9.17) is 19.9 Å². The first kappa shape index (κ1) is 24.8. The summed E-state index contributed by atoms with van der Waals surface area (Å²) in [6.45, 7) is 4.58. The van der Waals surface area contributed by atoms with Crippen molar-refractivity contribution in [3.05, 3.63) is 133 Å². The maximum absolute atomic E-state index is 5.11. The first-order valence-corrected chi connectivity index (χ1v) is 14.8. The highest BCUT2D eigenvalue weighted by Gasteiger charge is 2.35. The van der Waals surface area contributed by atoms with Crippen molar-refractivity contribution in [3.63, 3.8) is 0 Å². The van der Waals surface area contributed by atoms with Crippen molar-refractivity contribution in [2.24, 2.45) is 0 Å². The maximum Gasteiger partial charge on any atom is 0.238 e. The molecule has 0 aliphatic heterocycles. The molecule has 1 aliphatic rings. The van der Waals surface area contributed by atoms with Gasteiger partial charge >= 0.3 is 0 Å². The molecular weight excluding hydrogens is 540 g/mol. The lowest BCUT2D eigenvalue weighted by Crippen LogP contribution is -2.24. The van der Waals surface area contributed by atoms with Gasteiger partial charge in [-0.15, -0.1) is 0 Å². The zero-order chi connectivity index (χ0) is 29.4. The Labute approximate surface area is 253 Å². The average molecular weight is 567 g/mol. The fourth-order valence-corrected chi connectivity index (χ4v) is 6.82. The lowest BCUT2D eigenvalue weighted by molar-refractivity contribution is 0.644. The van der Waals surface area contributed by atoms with Crippen LogP contribution >= 0.6 is 0 Å². The molecule has 0 fully saturated rings. The summed E-state index contributed by atoms with van der Waals surface area (Å²) in [6.07, 6.45) is 1.68. The van der Waals surface area contributed by atoms with Gasteiger partial charge in [0.15, 0.2) is 11.6 Å². The number of rotatable bonds is 3. The van der Waals surface area contributed by atoms with Crippen LogP contribution in [-0.4, -0.2) is 29.5 Å². The standard InChI is InChI=1S/C38H26N6/c1-38(2)28-17-11-18-30-33(28)34(40-22-39-30)27-20-26-25-16-9-10-19-31(25)44(32(26)21-29(27)38)37-42-35(23-12-5-3-6-13-23)41-36(43-37)24-14-7-4-8-15-24/h3-22H,1-2H3. The van der Waals surface area contributed by atoms with Gasteiger partial charge in [0.05, 0.1) is 22.2 Å². The largest absolute Gasteiger partial charge is 0.278 e. The first-order valence-electron chi connectivity index (χ1n) is 14.8. The van der Waals surface area contributed by atoms with E-state index in [9.17, 15) is 0 Å². The summed E-state index contributed by atoms with van der Waals surface area (Å²) in [5.41, 5.74) is 9.25. The number of benzene rings is 5. The smallest absolute Gasteiger partial charge is 0.238 e. The normalized spacial score (nSPS) is 13.4. The van der Waals surface area contributed by atoms with Crippen LogP contribution < -0.4 is 0 Å². The van der Waals surface area contributed by atoms with Gasteiger partial charge < -0.3 is 0 Å². The molecule has 8 aromatic rings. The van der Waals surface area contributed by atoms with E-state index in [-0.39, 0.29) is 5.41 Å². The van der Waals surface area contributed by atoms with Gasteiger partial charge in [-0.3, -0.25) is 4.57 Å². The van der Waals surface area contributed by atoms with Crippen molar-refractivity contribution in [2.45, 2.75) is 19.3 Å². The van der Waals surface area contributed by atoms with Crippen molar-refractivity contribution in [1.82, 2.24) is 29.5 Å². The molecule has 9 rings (SSSR count). The Hall–Kier alpha value is -5.75. The van der Waals surface area contributed by atoms with Gasteiger partial charge in [-0.05, 0) is 35.4 Å². The van der Waals surface area contributed by atoms with Crippen LogP contribution in [0.3, 0.4) is 0 Å². The van der Waals surface area contributed by atoms with Gasteiger partial charge in [-0.2, -0.15) is 9.97 Å². The predicted octanol–water partition coefficient (Wildman–Crippen LogP) is 8.55. The summed E-state index contributed by atoms with van der Waals surface area (Å²) in [7, 11) is 0. The molecule has 3 aromatic heterocycles. The highest BCUT2D eigenvalue weighted by atomic mass is 15.2. The van der Waals surface area contributed by atoms with Crippen molar-refractivity contribution < 1.29 is 0 Å². The van der Waals surface area contributed by atoms with Crippen molar-refractivity contribution in [1.29, 1.82) is 0 Å². The topological polar surface area (TPSA) is 69.4 Å². The van der Waals surface area contributed by atoms with E-state index in [1.807, 2.05) is 60.7 Å². The third-order valence-electron chi connectivity index (χ3n) is 8.96. The van der Waals surface area contributed by atoms with Crippen LogP contribution in [0, 0.1) is 0 Å². The molecule has 0 saturated carbocycles. The SMILES string of the molecule is CC1(C)c2cc3c(cc2-c2ncnc4cccc1c24)c1ccccc1n3-c1nc(-c2ccccc2)nc(-c2ccccc2)n1. The summed E-state index contributed by atoms with van der Waals surface area (Å²) in [4.78, 5) is 24.6. The van der Waals surface area contributed by atoms with Gasteiger partial charge in [-0.1, -0.05) is 105 Å². The highest BCUT2D eigenvalue weighted by molar-refractivity contribution is 6.12. The first-order chi connectivity index (χ1) is 21.6.